The second-order valence-electron chi connectivity index (χ2n) is 5.42. The van der Waals surface area contributed by atoms with E-state index < -0.39 is 0 Å². The Morgan fingerprint density at radius 1 is 1.05 bits per heavy atom. The fourth-order valence-electron chi connectivity index (χ4n) is 2.97. The third kappa shape index (κ3) is 3.99. The fourth-order valence-corrected chi connectivity index (χ4v) is 4.49. The van der Waals surface area contributed by atoms with Crippen LogP contribution in [0.5, 0.6) is 0 Å². The number of nitrogens with one attached hydrogen (secondary N) is 1. The van der Waals surface area contributed by atoms with Gasteiger partial charge >= 0.3 is 0 Å². The summed E-state index contributed by atoms with van der Waals surface area (Å²) in [6, 6.07) is 14.8. The molecule has 1 atom stereocenters. The van der Waals surface area contributed by atoms with E-state index in [-0.39, 0.29) is 12.4 Å². The molecule has 1 heterocycles. The summed E-state index contributed by atoms with van der Waals surface area (Å²) in [6.07, 6.45) is 2.17. The Kier molecular flexibility index (Phi) is 6.64. The highest BCUT2D eigenvalue weighted by Gasteiger charge is 2.19. The van der Waals surface area contributed by atoms with Gasteiger partial charge in [0.05, 0.1) is 0 Å². The van der Waals surface area contributed by atoms with Crippen LogP contribution in [0.2, 0.25) is 5.02 Å². The van der Waals surface area contributed by atoms with Crippen LogP contribution in [-0.2, 0) is 12.8 Å². The van der Waals surface area contributed by atoms with E-state index in [4.69, 9.17) is 11.6 Å². The Morgan fingerprint density at radius 2 is 1.77 bits per heavy atom. The molecule has 0 radical (unpaired) electrons. The van der Waals surface area contributed by atoms with Crippen molar-refractivity contribution in [1.82, 2.24) is 5.32 Å². The monoisotopic (exact) mass is 353 g/mol. The number of rotatable bonds is 3. The molecule has 0 fully saturated rings. The topological polar surface area (TPSA) is 12.0 Å². The molecule has 0 aliphatic carbocycles. The Morgan fingerprint density at radius 3 is 2.55 bits per heavy atom. The number of hydrogen-bond acceptors (Lipinski definition) is 2. The Bertz CT molecular complexity index is 616. The van der Waals surface area contributed by atoms with Crippen molar-refractivity contribution in [2.24, 2.45) is 0 Å². The lowest BCUT2D eigenvalue weighted by Gasteiger charge is -2.20. The molecule has 0 saturated heterocycles. The van der Waals surface area contributed by atoms with Crippen LogP contribution in [0.1, 0.15) is 28.9 Å². The van der Waals surface area contributed by atoms with E-state index in [1.165, 1.54) is 21.6 Å². The maximum Gasteiger partial charge on any atom is 0.0452 e. The minimum Gasteiger partial charge on any atom is -0.316 e. The minimum absolute atomic E-state index is 0. The predicted molar refractivity (Wildman–Crippen MR) is 99.7 cm³/mol. The van der Waals surface area contributed by atoms with Crippen LogP contribution in [0.15, 0.2) is 47.4 Å². The van der Waals surface area contributed by atoms with Crippen LogP contribution in [0.4, 0.5) is 0 Å². The van der Waals surface area contributed by atoms with E-state index in [1.807, 2.05) is 11.8 Å². The molecular weight excluding hydrogens is 333 g/mol. The second kappa shape index (κ2) is 8.26. The van der Waals surface area contributed by atoms with Crippen LogP contribution in [0, 0.1) is 0 Å². The lowest BCUT2D eigenvalue weighted by Crippen LogP contribution is -2.16. The van der Waals surface area contributed by atoms with Crippen molar-refractivity contribution < 1.29 is 0 Å². The second-order valence-corrected chi connectivity index (χ2v) is 7.24. The highest BCUT2D eigenvalue weighted by atomic mass is 35.5. The van der Waals surface area contributed by atoms with Crippen LogP contribution in [0.25, 0.3) is 0 Å². The van der Waals surface area contributed by atoms with Crippen molar-refractivity contribution in [2.45, 2.75) is 29.9 Å². The van der Waals surface area contributed by atoms with E-state index in [9.17, 15) is 0 Å². The molecule has 22 heavy (non-hydrogen) atoms. The van der Waals surface area contributed by atoms with Gasteiger partial charge in [-0.25, -0.2) is 0 Å². The molecular formula is C18H21Cl2NS. The van der Waals surface area contributed by atoms with Crippen LogP contribution in [-0.4, -0.2) is 13.1 Å². The van der Waals surface area contributed by atoms with Crippen molar-refractivity contribution in [3.8, 4) is 0 Å². The molecule has 1 N–H and O–H groups in total. The van der Waals surface area contributed by atoms with Gasteiger partial charge in [-0.2, -0.15) is 0 Å². The van der Waals surface area contributed by atoms with Gasteiger partial charge in [0.2, 0.25) is 0 Å². The first-order chi connectivity index (χ1) is 10.3. The molecule has 118 valence electrons. The Labute approximate surface area is 148 Å². The summed E-state index contributed by atoms with van der Waals surface area (Å²) in [4.78, 5) is 1.30. The van der Waals surface area contributed by atoms with Crippen molar-refractivity contribution in [2.75, 3.05) is 13.1 Å². The molecule has 2 aromatic carbocycles. The lowest BCUT2D eigenvalue weighted by molar-refractivity contribution is 0.710. The number of thioether (sulfide) groups is 1. The zero-order valence-corrected chi connectivity index (χ0v) is 15.0. The molecule has 1 aliphatic rings. The van der Waals surface area contributed by atoms with Gasteiger partial charge in [-0.05, 0) is 67.7 Å². The molecule has 0 amide bonds. The Hall–Kier alpha value is -0.670. The molecule has 1 unspecified atom stereocenters. The number of fused-ring (bicyclic) bond motifs is 1. The van der Waals surface area contributed by atoms with Gasteiger partial charge in [0.25, 0.3) is 0 Å². The van der Waals surface area contributed by atoms with Gasteiger partial charge in [0.15, 0.2) is 0 Å². The van der Waals surface area contributed by atoms with Gasteiger partial charge in [-0.15, -0.1) is 24.2 Å². The summed E-state index contributed by atoms with van der Waals surface area (Å²) in [7, 11) is 0. The largest absolute Gasteiger partial charge is 0.316 e. The zero-order chi connectivity index (χ0) is 14.7. The van der Waals surface area contributed by atoms with E-state index in [0.717, 1.165) is 31.0 Å². The number of halogens is 2. The highest BCUT2D eigenvalue weighted by molar-refractivity contribution is 7.99. The smallest absolute Gasteiger partial charge is 0.0452 e. The normalized spacial score (nSPS) is 15.4. The van der Waals surface area contributed by atoms with Crippen molar-refractivity contribution >= 4 is 35.8 Å². The van der Waals surface area contributed by atoms with E-state index in [2.05, 4.69) is 54.7 Å². The number of benzene rings is 2. The molecule has 0 saturated carbocycles. The standard InChI is InChI=1S/C18H20ClNS.ClH/c1-13(21-15-5-3-2-4-6-15)18-16-10-12-20-11-9-14(16)7-8-17(18)19;/h2-8,13,20H,9-12H2,1H3;1H. The minimum atomic E-state index is 0. The summed E-state index contributed by atoms with van der Waals surface area (Å²) in [5, 5.41) is 4.76. The molecule has 3 rings (SSSR count). The average molecular weight is 354 g/mol. The highest BCUT2D eigenvalue weighted by Crippen LogP contribution is 2.41. The zero-order valence-electron chi connectivity index (χ0n) is 12.6. The molecule has 4 heteroatoms. The molecule has 0 aromatic heterocycles. The van der Waals surface area contributed by atoms with Crippen molar-refractivity contribution in [1.29, 1.82) is 0 Å². The van der Waals surface area contributed by atoms with Gasteiger partial charge in [-0.1, -0.05) is 35.9 Å². The lowest BCUT2D eigenvalue weighted by atomic mass is 9.95. The van der Waals surface area contributed by atoms with Crippen molar-refractivity contribution in [3.63, 3.8) is 0 Å². The maximum atomic E-state index is 6.54. The van der Waals surface area contributed by atoms with E-state index in [0.29, 0.717) is 5.25 Å². The van der Waals surface area contributed by atoms with E-state index >= 15 is 0 Å². The Balaban J connectivity index is 0.00000176. The molecule has 1 aliphatic heterocycles. The van der Waals surface area contributed by atoms with Crippen LogP contribution < -0.4 is 5.32 Å². The first-order valence-electron chi connectivity index (χ1n) is 7.48. The summed E-state index contributed by atoms with van der Waals surface area (Å²) >= 11 is 8.43. The quantitative estimate of drug-likeness (QED) is 0.751. The van der Waals surface area contributed by atoms with Crippen LogP contribution >= 0.6 is 35.8 Å². The third-order valence-electron chi connectivity index (χ3n) is 3.99. The molecule has 0 spiro atoms. The van der Waals surface area contributed by atoms with Crippen molar-refractivity contribution in [3.05, 3.63) is 64.2 Å². The average Bonchev–Trinajstić information content (AvgIpc) is 2.73. The van der Waals surface area contributed by atoms with Gasteiger partial charge in [0, 0.05) is 15.2 Å². The first kappa shape index (κ1) is 17.7. The summed E-state index contributed by atoms with van der Waals surface area (Å²) < 4.78 is 0. The summed E-state index contributed by atoms with van der Waals surface area (Å²) in [5.74, 6) is 0. The molecule has 0 bridgehead atoms. The summed E-state index contributed by atoms with van der Waals surface area (Å²) in [5.41, 5.74) is 4.25. The SMILES string of the molecule is CC(Sc1ccccc1)c1c(Cl)ccc2c1CCNCC2.Cl. The number of hydrogen-bond donors (Lipinski definition) is 1. The predicted octanol–water partition coefficient (Wildman–Crippen LogP) is 5.30. The molecule has 2 aromatic rings. The van der Waals surface area contributed by atoms with Gasteiger partial charge in [-0.3, -0.25) is 0 Å². The summed E-state index contributed by atoms with van der Waals surface area (Å²) in [6.45, 7) is 4.37. The van der Waals surface area contributed by atoms with Gasteiger partial charge in [0.1, 0.15) is 0 Å². The third-order valence-corrected chi connectivity index (χ3v) is 5.45. The van der Waals surface area contributed by atoms with E-state index in [1.54, 1.807) is 0 Å². The van der Waals surface area contributed by atoms with Crippen LogP contribution in [0.3, 0.4) is 0 Å². The first-order valence-corrected chi connectivity index (χ1v) is 8.74. The maximum absolute atomic E-state index is 6.54. The molecule has 1 nitrogen and oxygen atoms in total. The van der Waals surface area contributed by atoms with Gasteiger partial charge < -0.3 is 5.32 Å². The fraction of sp³-hybridized carbons (Fsp3) is 0.333.